The summed E-state index contributed by atoms with van der Waals surface area (Å²) in [5.41, 5.74) is 8.92. The molecule has 0 unspecified atom stereocenters. The molecule has 1 heterocycles. The molecule has 0 bridgehead atoms. The van der Waals surface area contributed by atoms with Gasteiger partial charge in [0.05, 0.1) is 10.6 Å². The van der Waals surface area contributed by atoms with Crippen molar-refractivity contribution in [1.82, 2.24) is 5.16 Å². The van der Waals surface area contributed by atoms with Gasteiger partial charge in [0.1, 0.15) is 5.69 Å². The lowest BCUT2D eigenvalue weighted by molar-refractivity contribution is 0.439. The third-order valence-corrected chi connectivity index (χ3v) is 4.30. The van der Waals surface area contributed by atoms with Crippen molar-refractivity contribution in [3.63, 3.8) is 0 Å². The minimum absolute atomic E-state index is 0.229. The van der Waals surface area contributed by atoms with Crippen LogP contribution in [0.5, 0.6) is 0 Å². The van der Waals surface area contributed by atoms with E-state index in [-0.39, 0.29) is 5.88 Å². The van der Waals surface area contributed by atoms with Gasteiger partial charge in [-0.25, -0.2) is 0 Å². The third kappa shape index (κ3) is 2.88. The Hall–Kier alpha value is -1.24. The Morgan fingerprint density at radius 3 is 2.43 bits per heavy atom. The Balaban J connectivity index is 2.19. The number of anilines is 1. The van der Waals surface area contributed by atoms with Gasteiger partial charge in [0.2, 0.25) is 5.88 Å². The molecular weight excluding hydrogens is 422 g/mol. The summed E-state index contributed by atoms with van der Waals surface area (Å²) >= 11 is 14.4. The normalized spacial score (nSPS) is 10.8. The number of nitrogens with zero attached hydrogens (tertiary/aromatic N) is 1. The molecule has 0 spiro atoms. The second kappa shape index (κ2) is 5.87. The van der Waals surface area contributed by atoms with Crippen molar-refractivity contribution in [3.8, 4) is 22.4 Å². The lowest BCUT2D eigenvalue weighted by Crippen LogP contribution is -1.89. The van der Waals surface area contributed by atoms with Gasteiger partial charge < -0.3 is 10.3 Å². The molecule has 106 valence electrons. The number of rotatable bonds is 2. The van der Waals surface area contributed by atoms with Crippen LogP contribution in [-0.4, -0.2) is 5.16 Å². The molecule has 2 aromatic carbocycles. The number of halogens is 3. The van der Waals surface area contributed by atoms with Crippen LogP contribution in [0.15, 0.2) is 47.0 Å². The maximum atomic E-state index is 6.27. The molecule has 21 heavy (non-hydrogen) atoms. The van der Waals surface area contributed by atoms with Crippen LogP contribution in [0.4, 0.5) is 5.88 Å². The van der Waals surface area contributed by atoms with E-state index < -0.39 is 0 Å². The molecule has 0 aliphatic carbocycles. The first-order chi connectivity index (χ1) is 10.1. The van der Waals surface area contributed by atoms with Gasteiger partial charge in [-0.3, -0.25) is 0 Å². The van der Waals surface area contributed by atoms with Crippen LogP contribution >= 0.6 is 45.8 Å². The van der Waals surface area contributed by atoms with E-state index in [1.54, 1.807) is 12.1 Å². The molecule has 3 nitrogen and oxygen atoms in total. The molecule has 0 radical (unpaired) electrons. The lowest BCUT2D eigenvalue weighted by Gasteiger charge is -2.06. The molecule has 6 heteroatoms. The van der Waals surface area contributed by atoms with Crippen LogP contribution in [0.3, 0.4) is 0 Å². The van der Waals surface area contributed by atoms with Crippen LogP contribution in [0.1, 0.15) is 0 Å². The van der Waals surface area contributed by atoms with Gasteiger partial charge in [-0.05, 0) is 46.9 Å². The van der Waals surface area contributed by atoms with Crippen molar-refractivity contribution in [1.29, 1.82) is 0 Å². The highest BCUT2D eigenvalue weighted by Gasteiger charge is 2.19. The van der Waals surface area contributed by atoms with Gasteiger partial charge in [-0.2, -0.15) is 0 Å². The Morgan fingerprint density at radius 1 is 1.05 bits per heavy atom. The molecular formula is C15H9Cl2IN2O. The summed E-state index contributed by atoms with van der Waals surface area (Å²) in [7, 11) is 0. The first-order valence-electron chi connectivity index (χ1n) is 6.03. The molecule has 0 fully saturated rings. The van der Waals surface area contributed by atoms with E-state index in [1.165, 1.54) is 0 Å². The smallest absolute Gasteiger partial charge is 0.230 e. The van der Waals surface area contributed by atoms with Crippen molar-refractivity contribution in [2.75, 3.05) is 5.73 Å². The summed E-state index contributed by atoms with van der Waals surface area (Å²) in [6, 6.07) is 13.2. The fraction of sp³-hybridized carbons (Fsp3) is 0. The summed E-state index contributed by atoms with van der Waals surface area (Å²) in [5, 5.41) is 5.13. The van der Waals surface area contributed by atoms with Crippen molar-refractivity contribution >= 4 is 51.7 Å². The third-order valence-electron chi connectivity index (χ3n) is 3.04. The SMILES string of the molecule is Nc1onc(-c2ccc(I)cc2)c1-c1ccc(Cl)cc1Cl. The van der Waals surface area contributed by atoms with Crippen LogP contribution in [0.2, 0.25) is 10.0 Å². The number of nitrogen functional groups attached to an aromatic ring is 1. The Bertz CT molecular complexity index is 800. The van der Waals surface area contributed by atoms with Gasteiger partial charge >= 0.3 is 0 Å². The first-order valence-corrected chi connectivity index (χ1v) is 7.86. The Morgan fingerprint density at radius 2 is 1.76 bits per heavy atom. The summed E-state index contributed by atoms with van der Waals surface area (Å²) in [6.45, 7) is 0. The summed E-state index contributed by atoms with van der Waals surface area (Å²) in [4.78, 5) is 0. The lowest BCUT2D eigenvalue weighted by atomic mass is 10.0. The van der Waals surface area contributed by atoms with Gasteiger partial charge in [-0.15, -0.1) is 0 Å². The number of nitrogens with two attached hydrogens (primary N) is 1. The molecule has 3 rings (SSSR count). The number of benzene rings is 2. The molecule has 0 aliphatic rings. The number of aromatic nitrogens is 1. The molecule has 1 aromatic heterocycles. The van der Waals surface area contributed by atoms with E-state index in [0.717, 1.165) is 14.7 Å². The maximum absolute atomic E-state index is 6.27. The fourth-order valence-electron chi connectivity index (χ4n) is 2.06. The van der Waals surface area contributed by atoms with E-state index in [9.17, 15) is 0 Å². The largest absolute Gasteiger partial charge is 0.367 e. The standard InChI is InChI=1S/C15H9Cl2IN2O/c16-9-3-6-11(12(17)7-9)13-14(20-21-15(13)19)8-1-4-10(18)5-2-8/h1-7H,19H2. The highest BCUT2D eigenvalue weighted by molar-refractivity contribution is 14.1. The number of hydrogen-bond donors (Lipinski definition) is 1. The molecule has 2 N–H and O–H groups in total. The van der Waals surface area contributed by atoms with E-state index >= 15 is 0 Å². The summed E-state index contributed by atoms with van der Waals surface area (Å²) in [5.74, 6) is 0.229. The summed E-state index contributed by atoms with van der Waals surface area (Å²) < 4.78 is 6.29. The second-order valence-corrected chi connectivity index (χ2v) is 6.49. The monoisotopic (exact) mass is 430 g/mol. The molecule has 0 saturated carbocycles. The highest BCUT2D eigenvalue weighted by atomic mass is 127. The Kier molecular flexibility index (Phi) is 4.10. The minimum atomic E-state index is 0.229. The van der Waals surface area contributed by atoms with Crippen LogP contribution < -0.4 is 5.73 Å². The molecule has 0 atom stereocenters. The molecule has 0 amide bonds. The number of hydrogen-bond acceptors (Lipinski definition) is 3. The van der Waals surface area contributed by atoms with E-state index in [2.05, 4.69) is 27.7 Å². The van der Waals surface area contributed by atoms with Gasteiger partial charge in [-0.1, -0.05) is 46.6 Å². The van der Waals surface area contributed by atoms with Crippen molar-refractivity contribution in [3.05, 3.63) is 56.1 Å². The minimum Gasteiger partial charge on any atom is -0.367 e. The van der Waals surface area contributed by atoms with Crippen LogP contribution in [0.25, 0.3) is 22.4 Å². The van der Waals surface area contributed by atoms with Crippen LogP contribution in [0, 0.1) is 3.57 Å². The zero-order valence-corrected chi connectivity index (χ0v) is 14.3. The topological polar surface area (TPSA) is 52.0 Å². The molecule has 0 aliphatic heterocycles. The maximum Gasteiger partial charge on any atom is 0.230 e. The van der Waals surface area contributed by atoms with E-state index in [4.69, 9.17) is 33.5 Å². The second-order valence-electron chi connectivity index (χ2n) is 4.40. The predicted molar refractivity (Wildman–Crippen MR) is 94.5 cm³/mol. The highest BCUT2D eigenvalue weighted by Crippen LogP contribution is 2.40. The van der Waals surface area contributed by atoms with Gasteiger partial charge in [0, 0.05) is 19.7 Å². The van der Waals surface area contributed by atoms with E-state index in [0.29, 0.717) is 21.3 Å². The van der Waals surface area contributed by atoms with Crippen LogP contribution in [-0.2, 0) is 0 Å². The van der Waals surface area contributed by atoms with Crippen molar-refractivity contribution in [2.45, 2.75) is 0 Å². The van der Waals surface area contributed by atoms with Crippen molar-refractivity contribution in [2.24, 2.45) is 0 Å². The zero-order valence-electron chi connectivity index (χ0n) is 10.6. The Labute approximate surface area is 145 Å². The zero-order chi connectivity index (χ0) is 15.0. The van der Waals surface area contributed by atoms with E-state index in [1.807, 2.05) is 30.3 Å². The summed E-state index contributed by atoms with van der Waals surface area (Å²) in [6.07, 6.45) is 0. The van der Waals surface area contributed by atoms with Crippen molar-refractivity contribution < 1.29 is 4.52 Å². The average molecular weight is 431 g/mol. The predicted octanol–water partition coefficient (Wildman–Crippen LogP) is 5.50. The van der Waals surface area contributed by atoms with Gasteiger partial charge in [0.25, 0.3) is 0 Å². The molecule has 3 aromatic rings. The average Bonchev–Trinajstić information content (AvgIpc) is 2.82. The van der Waals surface area contributed by atoms with Gasteiger partial charge in [0.15, 0.2) is 0 Å². The quantitative estimate of drug-likeness (QED) is 0.546. The molecule has 0 saturated heterocycles. The fourth-order valence-corrected chi connectivity index (χ4v) is 2.92. The first kappa shape index (κ1) is 14.7.